The molecule has 0 spiro atoms. The maximum absolute atomic E-state index is 13.7. The highest BCUT2D eigenvalue weighted by Gasteiger charge is 2.47. The lowest BCUT2D eigenvalue weighted by atomic mass is 10.0. The van der Waals surface area contributed by atoms with Gasteiger partial charge in [0, 0.05) is 44.7 Å². The summed E-state index contributed by atoms with van der Waals surface area (Å²) < 4.78 is 55.9. The molecule has 0 bridgehead atoms. The van der Waals surface area contributed by atoms with Gasteiger partial charge in [-0.25, -0.2) is 4.39 Å². The van der Waals surface area contributed by atoms with Crippen molar-refractivity contribution in [3.63, 3.8) is 0 Å². The molecule has 0 saturated carbocycles. The van der Waals surface area contributed by atoms with Crippen LogP contribution in [0.1, 0.15) is 67.1 Å². The molecule has 2 aromatic rings. The Morgan fingerprint density at radius 2 is 0.855 bits per heavy atom. The molecule has 0 radical (unpaired) electrons. The summed E-state index contributed by atoms with van der Waals surface area (Å²) >= 11 is 0. The van der Waals surface area contributed by atoms with Gasteiger partial charge in [-0.1, -0.05) is 12.1 Å². The molecule has 0 aromatic heterocycles. The van der Waals surface area contributed by atoms with E-state index in [-0.39, 0.29) is 79.2 Å². The fraction of sp³-hybridized carbons (Fsp3) is 0.553. The van der Waals surface area contributed by atoms with E-state index in [4.69, 9.17) is 65.0 Å². The molecular weight excluding hydrogens is 1050 g/mol. The predicted molar refractivity (Wildman–Crippen MR) is 272 cm³/mol. The number of halogens is 3. The van der Waals surface area contributed by atoms with Crippen molar-refractivity contribution in [3.8, 4) is 0 Å². The Bertz CT molecular complexity index is 2150. The lowest BCUT2D eigenvalue weighted by Crippen LogP contribution is -2.54. The maximum atomic E-state index is 13.7. The van der Waals surface area contributed by atoms with Gasteiger partial charge in [0.15, 0.2) is 0 Å². The van der Waals surface area contributed by atoms with E-state index in [2.05, 4.69) is 16.0 Å². The number of carboxylic acid groups (broad SMARTS) is 1. The molecule has 4 heterocycles. The third-order valence-electron chi connectivity index (χ3n) is 10.5. The Hall–Kier alpha value is -5.66. The van der Waals surface area contributed by atoms with Gasteiger partial charge in [0.25, 0.3) is 30.1 Å². The van der Waals surface area contributed by atoms with Crippen LogP contribution < -0.4 is 33.2 Å². The Morgan fingerprint density at radius 3 is 1.21 bits per heavy atom. The third kappa shape index (κ3) is 22.5. The molecule has 0 aliphatic carbocycles. The third-order valence-corrected chi connectivity index (χ3v) is 10.5. The summed E-state index contributed by atoms with van der Waals surface area (Å²) in [6, 6.07) is 6.60. The molecule has 29 heteroatoms. The monoisotopic (exact) mass is 1120 g/mol. The van der Waals surface area contributed by atoms with Crippen molar-refractivity contribution in [2.75, 3.05) is 137 Å². The van der Waals surface area contributed by atoms with Crippen LogP contribution in [0.15, 0.2) is 36.4 Å². The highest BCUT2D eigenvalue weighted by molar-refractivity contribution is 6.26. The number of hydrogen-bond donors (Lipinski definition) is 7. The first-order valence-corrected chi connectivity index (χ1v) is 23.8. The number of ether oxygens (including phenoxy) is 8. The van der Waals surface area contributed by atoms with Crippen molar-refractivity contribution in [2.45, 2.75) is 37.8 Å². The van der Waals surface area contributed by atoms with Gasteiger partial charge in [-0.2, -0.15) is 0 Å². The van der Waals surface area contributed by atoms with Crippen molar-refractivity contribution in [1.82, 2.24) is 20.4 Å². The minimum absolute atomic E-state index is 0. The molecular formula is C47H69Cl2FN8O18. The van der Waals surface area contributed by atoms with Crippen LogP contribution in [0, 0.1) is 5.82 Å². The lowest BCUT2D eigenvalue weighted by Gasteiger charge is -2.27. The quantitative estimate of drug-likeness (QED) is 0.0288. The van der Waals surface area contributed by atoms with E-state index in [1.807, 2.05) is 0 Å². The molecule has 26 nitrogen and oxygen atoms in total. The topological polar surface area (TPSA) is 368 Å². The molecule has 426 valence electrons. The number of benzene rings is 2. The first-order chi connectivity index (χ1) is 35.9. The van der Waals surface area contributed by atoms with Gasteiger partial charge < -0.3 is 65.5 Å². The zero-order valence-corrected chi connectivity index (χ0v) is 43.5. The number of imide groups is 4. The number of rotatable bonds is 30. The summed E-state index contributed by atoms with van der Waals surface area (Å²) in [5, 5.41) is 14.3. The molecule has 2 fully saturated rings. The summed E-state index contributed by atoms with van der Waals surface area (Å²) in [4.78, 5) is 107. The van der Waals surface area contributed by atoms with Crippen LogP contribution in [0.2, 0.25) is 0 Å². The van der Waals surface area contributed by atoms with Gasteiger partial charge in [-0.05, 0) is 37.1 Å². The van der Waals surface area contributed by atoms with Crippen LogP contribution in [-0.4, -0.2) is 213 Å². The highest BCUT2D eigenvalue weighted by atomic mass is 35.5. The number of amides is 8. The fourth-order valence-corrected chi connectivity index (χ4v) is 7.17. The molecule has 10 N–H and O–H groups in total. The number of anilines is 1. The van der Waals surface area contributed by atoms with Crippen LogP contribution in [0.3, 0.4) is 0 Å². The van der Waals surface area contributed by atoms with Crippen LogP contribution >= 0.6 is 24.8 Å². The van der Waals surface area contributed by atoms with E-state index in [9.17, 15) is 42.7 Å². The number of nitrogens with zero attached hydrogens (tertiary/aromatic N) is 2. The van der Waals surface area contributed by atoms with Gasteiger partial charge in [0.1, 0.15) is 17.9 Å². The van der Waals surface area contributed by atoms with Crippen LogP contribution in [0.5, 0.6) is 0 Å². The second-order valence-corrected chi connectivity index (χ2v) is 15.6. The van der Waals surface area contributed by atoms with E-state index >= 15 is 0 Å². The first kappa shape index (κ1) is 68.4. The standard InChI is InChI=1S/C23H32N4O8.C13H9FN2O4.C10H24N2O4.CH2O2.2ClH/c24-6-8-32-10-12-34-14-15-35-13-11-33-9-7-25-17-3-1-2-16-20(17)23(31)27(22(16)30)18-4-5-19(28)26-21(18)29;14-7-3-1-2-6-10(7)13(20)16(12(6)19)8-4-5-9(17)15-11(8)18;11-1-3-13-5-7-15-9-10-16-8-6-14-4-2-12;2-1-3;;/h1-3,18,25H,4-15,24H2,(H,26,28,29);1-3,8H,4-5H2,(H,15,17,18);1-12H2;1H,(H,2,3);2*1H. The van der Waals surface area contributed by atoms with Crippen molar-refractivity contribution in [1.29, 1.82) is 0 Å². The molecule has 8 amide bonds. The zero-order valence-electron chi connectivity index (χ0n) is 41.9. The van der Waals surface area contributed by atoms with Crippen LogP contribution in [-0.2, 0) is 61.9 Å². The normalized spacial score (nSPS) is 16.4. The fourth-order valence-electron chi connectivity index (χ4n) is 7.17. The summed E-state index contributed by atoms with van der Waals surface area (Å²) in [6.45, 7) is 9.99. The SMILES string of the molecule is Cl.Cl.NCCOCCOCCOCCOCCN.NCCOCCOCCOCCOCCNc1cccc2c1C(=O)N(C1CCC(=O)NC1=O)C2=O.O=C1CCC(N2C(=O)c3cccc(F)c3C2=O)C(=O)N1.O=CO. The van der Waals surface area contributed by atoms with Gasteiger partial charge in [0.05, 0.1) is 128 Å². The predicted octanol–water partition coefficient (Wildman–Crippen LogP) is -0.734. The van der Waals surface area contributed by atoms with Crippen molar-refractivity contribution >= 4 is 84.2 Å². The van der Waals surface area contributed by atoms with Crippen molar-refractivity contribution < 1.29 is 90.5 Å². The average molecular weight is 1120 g/mol. The van der Waals surface area contributed by atoms with Gasteiger partial charge >= 0.3 is 0 Å². The molecule has 2 aromatic carbocycles. The summed E-state index contributed by atoms with van der Waals surface area (Å²) in [5.41, 5.74) is 16.4. The Balaban J connectivity index is 0.000000598. The second-order valence-electron chi connectivity index (χ2n) is 15.6. The Kier molecular flexibility index (Phi) is 35.7. The number of fused-ring (bicyclic) bond motifs is 2. The Labute approximate surface area is 450 Å². The van der Waals surface area contributed by atoms with Gasteiger partial charge in [-0.3, -0.25) is 63.6 Å². The molecule has 2 unspecified atom stereocenters. The van der Waals surface area contributed by atoms with E-state index in [0.717, 1.165) is 15.9 Å². The smallest absolute Gasteiger partial charge is 0.290 e. The molecule has 2 saturated heterocycles. The zero-order chi connectivity index (χ0) is 54.1. The minimum Gasteiger partial charge on any atom is -0.483 e. The van der Waals surface area contributed by atoms with Gasteiger partial charge in [0.2, 0.25) is 23.6 Å². The summed E-state index contributed by atoms with van der Waals surface area (Å²) in [6.07, 6.45) is 0.279. The van der Waals surface area contributed by atoms with Crippen LogP contribution in [0.4, 0.5) is 10.1 Å². The largest absolute Gasteiger partial charge is 0.483 e. The maximum Gasteiger partial charge on any atom is 0.290 e. The average Bonchev–Trinajstić information content (AvgIpc) is 3.79. The van der Waals surface area contributed by atoms with Crippen molar-refractivity contribution in [2.24, 2.45) is 17.2 Å². The first-order valence-electron chi connectivity index (χ1n) is 23.8. The van der Waals surface area contributed by atoms with E-state index in [1.54, 1.807) is 18.2 Å². The van der Waals surface area contributed by atoms with Gasteiger partial charge in [-0.15, -0.1) is 24.8 Å². The minimum atomic E-state index is -1.07. The number of piperidine rings is 2. The lowest BCUT2D eigenvalue weighted by molar-refractivity contribution is -0.137. The number of carbonyl (C=O) groups excluding carboxylic acids is 8. The molecule has 2 atom stereocenters. The van der Waals surface area contributed by atoms with Crippen molar-refractivity contribution in [3.05, 3.63) is 64.5 Å². The molecule has 4 aliphatic rings. The van der Waals surface area contributed by atoms with Crippen LogP contribution in [0.25, 0.3) is 0 Å². The summed E-state index contributed by atoms with van der Waals surface area (Å²) in [7, 11) is 0. The van der Waals surface area contributed by atoms with E-state index < -0.39 is 65.2 Å². The highest BCUT2D eigenvalue weighted by Crippen LogP contribution is 2.32. The Morgan fingerprint density at radius 1 is 0.526 bits per heavy atom. The second kappa shape index (κ2) is 39.7. The number of hydrogen-bond acceptors (Lipinski definition) is 21. The van der Waals surface area contributed by atoms with E-state index in [1.165, 1.54) is 12.1 Å². The molecule has 6 rings (SSSR count). The van der Waals surface area contributed by atoms with E-state index in [0.29, 0.717) is 138 Å². The number of nitrogens with one attached hydrogen (secondary N) is 3. The number of carbonyl (C=O) groups is 9. The number of nitrogens with two attached hydrogens (primary N) is 3. The molecule has 4 aliphatic heterocycles. The summed E-state index contributed by atoms with van der Waals surface area (Å²) in [5.74, 6) is -5.64. The molecule has 76 heavy (non-hydrogen) atoms.